The first-order valence-electron chi connectivity index (χ1n) is 10.5. The van der Waals surface area contributed by atoms with E-state index in [1.165, 1.54) is 18.7 Å². The van der Waals surface area contributed by atoms with Crippen LogP contribution in [0, 0.1) is 5.41 Å². The number of carbonyl (C=O) groups is 1. The number of amides is 1. The minimum absolute atomic E-state index is 0.0875. The van der Waals surface area contributed by atoms with E-state index in [-0.39, 0.29) is 29.8 Å². The van der Waals surface area contributed by atoms with Gasteiger partial charge in [0.25, 0.3) is 5.91 Å². The van der Waals surface area contributed by atoms with Gasteiger partial charge in [0.05, 0.1) is 17.3 Å². The molecule has 0 aliphatic carbocycles. The Kier molecular flexibility index (Phi) is 5.43. The number of carbonyl (C=O) groups excluding carboxylic acids is 1. The fourth-order valence-electron chi connectivity index (χ4n) is 4.38. The number of piperidine rings is 1. The quantitative estimate of drug-likeness (QED) is 0.756. The van der Waals surface area contributed by atoms with Gasteiger partial charge in [0.15, 0.2) is 6.04 Å². The zero-order valence-electron chi connectivity index (χ0n) is 17.9. The highest BCUT2D eigenvalue weighted by Gasteiger charge is 2.48. The minimum atomic E-state index is -4.41. The predicted molar refractivity (Wildman–Crippen MR) is 108 cm³/mol. The lowest BCUT2D eigenvalue weighted by Gasteiger charge is -2.39. The second-order valence-electron chi connectivity index (χ2n) is 9.39. The number of nitrogens with one attached hydrogen (secondary N) is 1. The first-order valence-corrected chi connectivity index (χ1v) is 10.5. The summed E-state index contributed by atoms with van der Waals surface area (Å²) < 4.78 is 42.7. The van der Waals surface area contributed by atoms with Crippen LogP contribution in [0.15, 0.2) is 24.8 Å². The molecule has 2 aliphatic rings. The Labute approximate surface area is 179 Å². The third-order valence-electron chi connectivity index (χ3n) is 6.17. The molecule has 3 atom stereocenters. The monoisotopic (exact) mass is 436 g/mol. The second-order valence-corrected chi connectivity index (χ2v) is 9.39. The van der Waals surface area contributed by atoms with E-state index in [9.17, 15) is 18.0 Å². The number of nitrogens with zero attached hydrogens (tertiary/aromatic N) is 5. The lowest BCUT2D eigenvalue weighted by molar-refractivity contribution is -0.175. The number of rotatable bonds is 2. The Morgan fingerprint density at radius 1 is 1.16 bits per heavy atom. The van der Waals surface area contributed by atoms with Gasteiger partial charge in [-0.2, -0.15) is 18.3 Å². The van der Waals surface area contributed by atoms with Crippen molar-refractivity contribution in [3.8, 4) is 0 Å². The van der Waals surface area contributed by atoms with Crippen molar-refractivity contribution >= 4 is 11.7 Å². The molecule has 1 saturated heterocycles. The minimum Gasteiger partial charge on any atom is -0.367 e. The highest BCUT2D eigenvalue weighted by molar-refractivity contribution is 5.94. The van der Waals surface area contributed by atoms with Crippen LogP contribution in [-0.2, 0) is 0 Å². The van der Waals surface area contributed by atoms with Gasteiger partial charge in [-0.3, -0.25) is 4.79 Å². The standard InChI is InChI=1S/C21H27F3N6O/c1-20(2,3)16-9-17(21(22,23)24)30-18(27-16)8-14(28-30)15-6-4-5-7-29(15)19(31)13-10-25-12-26-11-13/h8,10-12,15-17,27H,4-7,9H2,1-3H3/t15-,16+,17-/m1/s1. The van der Waals surface area contributed by atoms with Gasteiger partial charge in [-0.1, -0.05) is 20.8 Å². The van der Waals surface area contributed by atoms with Crippen molar-refractivity contribution in [2.24, 2.45) is 5.41 Å². The number of aromatic nitrogens is 4. The Balaban J connectivity index is 1.69. The first kappa shape index (κ1) is 21.6. The van der Waals surface area contributed by atoms with E-state index in [0.717, 1.165) is 17.5 Å². The van der Waals surface area contributed by atoms with E-state index in [4.69, 9.17) is 0 Å². The molecule has 2 aliphatic heterocycles. The Morgan fingerprint density at radius 3 is 2.52 bits per heavy atom. The maximum atomic E-state index is 13.9. The molecule has 0 saturated carbocycles. The summed E-state index contributed by atoms with van der Waals surface area (Å²) >= 11 is 0. The van der Waals surface area contributed by atoms with Crippen LogP contribution in [0.5, 0.6) is 0 Å². The number of hydrogen-bond acceptors (Lipinski definition) is 5. The Hall–Kier alpha value is -2.65. The lowest BCUT2D eigenvalue weighted by Crippen LogP contribution is -2.44. The van der Waals surface area contributed by atoms with Gasteiger partial charge in [0.1, 0.15) is 12.1 Å². The van der Waals surface area contributed by atoms with Crippen molar-refractivity contribution in [3.05, 3.63) is 36.0 Å². The van der Waals surface area contributed by atoms with E-state index >= 15 is 0 Å². The van der Waals surface area contributed by atoms with Gasteiger partial charge < -0.3 is 10.2 Å². The van der Waals surface area contributed by atoms with Crippen LogP contribution in [0.25, 0.3) is 0 Å². The zero-order chi connectivity index (χ0) is 22.4. The molecule has 0 bridgehead atoms. The summed E-state index contributed by atoms with van der Waals surface area (Å²) in [5.74, 6) is 0.119. The molecule has 10 heteroatoms. The van der Waals surface area contributed by atoms with E-state index in [1.807, 2.05) is 20.8 Å². The summed E-state index contributed by atoms with van der Waals surface area (Å²) in [7, 11) is 0. The molecule has 4 heterocycles. The summed E-state index contributed by atoms with van der Waals surface area (Å²) in [6.07, 6.45) is 2.12. The molecule has 0 spiro atoms. The summed E-state index contributed by atoms with van der Waals surface area (Å²) in [6, 6.07) is -0.754. The van der Waals surface area contributed by atoms with Crippen LogP contribution in [0.4, 0.5) is 19.0 Å². The van der Waals surface area contributed by atoms with Crippen LogP contribution >= 0.6 is 0 Å². The number of alkyl halides is 3. The van der Waals surface area contributed by atoms with Crippen molar-refractivity contribution in [1.29, 1.82) is 0 Å². The fourth-order valence-corrected chi connectivity index (χ4v) is 4.38. The normalized spacial score (nSPS) is 24.5. The number of likely N-dealkylation sites (tertiary alicyclic amines) is 1. The molecule has 1 amide bonds. The molecular formula is C21H27F3N6O. The van der Waals surface area contributed by atoms with Crippen molar-refractivity contribution in [1.82, 2.24) is 24.6 Å². The van der Waals surface area contributed by atoms with Gasteiger partial charge in [-0.25, -0.2) is 14.6 Å². The van der Waals surface area contributed by atoms with Crippen LogP contribution in [-0.4, -0.2) is 49.3 Å². The zero-order valence-corrected chi connectivity index (χ0v) is 17.9. The molecule has 0 radical (unpaired) electrons. The lowest BCUT2D eigenvalue weighted by atomic mass is 9.82. The highest BCUT2D eigenvalue weighted by atomic mass is 19.4. The molecule has 4 rings (SSSR count). The predicted octanol–water partition coefficient (Wildman–Crippen LogP) is 4.37. The molecule has 1 N–H and O–H groups in total. The molecule has 1 fully saturated rings. The number of halogens is 3. The maximum absolute atomic E-state index is 13.9. The third-order valence-corrected chi connectivity index (χ3v) is 6.17. The first-order chi connectivity index (χ1) is 14.6. The van der Waals surface area contributed by atoms with Crippen molar-refractivity contribution in [2.45, 2.75) is 70.8 Å². The van der Waals surface area contributed by atoms with Crippen LogP contribution in [0.1, 0.15) is 74.6 Å². The van der Waals surface area contributed by atoms with Crippen molar-refractivity contribution < 1.29 is 18.0 Å². The number of fused-ring (bicyclic) bond motifs is 1. The smallest absolute Gasteiger partial charge is 0.367 e. The van der Waals surface area contributed by atoms with Crippen molar-refractivity contribution in [2.75, 3.05) is 11.9 Å². The second kappa shape index (κ2) is 7.80. The topological polar surface area (TPSA) is 75.9 Å². The average molecular weight is 436 g/mol. The average Bonchev–Trinajstić information content (AvgIpc) is 3.16. The largest absolute Gasteiger partial charge is 0.410 e. The van der Waals surface area contributed by atoms with E-state index in [0.29, 0.717) is 30.0 Å². The van der Waals surface area contributed by atoms with Crippen LogP contribution in [0.2, 0.25) is 0 Å². The molecule has 0 unspecified atom stereocenters. The third kappa shape index (κ3) is 4.24. The molecule has 168 valence electrons. The van der Waals surface area contributed by atoms with Gasteiger partial charge in [0.2, 0.25) is 0 Å². The highest BCUT2D eigenvalue weighted by Crippen LogP contribution is 2.44. The summed E-state index contributed by atoms with van der Waals surface area (Å²) in [5, 5.41) is 7.63. The summed E-state index contributed by atoms with van der Waals surface area (Å²) in [6.45, 7) is 6.29. The van der Waals surface area contributed by atoms with Gasteiger partial charge in [0, 0.05) is 31.0 Å². The SMILES string of the molecule is CC(C)(C)[C@@H]1C[C@H](C(F)(F)F)n2nc([C@H]3CCCCN3C(=O)c3cncnc3)cc2N1. The molecule has 0 aromatic carbocycles. The number of hydrogen-bond donors (Lipinski definition) is 1. The van der Waals surface area contributed by atoms with Gasteiger partial charge in [-0.05, 0) is 31.1 Å². The summed E-state index contributed by atoms with van der Waals surface area (Å²) in [4.78, 5) is 22.5. The molecular weight excluding hydrogens is 409 g/mol. The molecule has 31 heavy (non-hydrogen) atoms. The van der Waals surface area contributed by atoms with Gasteiger partial charge in [-0.15, -0.1) is 0 Å². The van der Waals surface area contributed by atoms with Crippen LogP contribution in [0.3, 0.4) is 0 Å². The number of anilines is 1. The maximum Gasteiger partial charge on any atom is 0.410 e. The Morgan fingerprint density at radius 2 is 1.87 bits per heavy atom. The molecule has 2 aromatic heterocycles. The summed E-state index contributed by atoms with van der Waals surface area (Å²) in [5.41, 5.74) is 0.493. The Bertz CT molecular complexity index is 937. The van der Waals surface area contributed by atoms with E-state index in [2.05, 4.69) is 20.4 Å². The van der Waals surface area contributed by atoms with Crippen LogP contribution < -0.4 is 5.32 Å². The molecule has 2 aromatic rings. The van der Waals surface area contributed by atoms with E-state index in [1.54, 1.807) is 11.0 Å². The fraction of sp³-hybridized carbons (Fsp3) is 0.619. The molecule has 7 nitrogen and oxygen atoms in total. The van der Waals surface area contributed by atoms with E-state index < -0.39 is 12.2 Å². The van der Waals surface area contributed by atoms with Gasteiger partial charge >= 0.3 is 6.18 Å². The van der Waals surface area contributed by atoms with Crippen molar-refractivity contribution in [3.63, 3.8) is 0 Å².